The van der Waals surface area contributed by atoms with Crippen LogP contribution in [0.5, 0.6) is 0 Å². The number of hydrogen-bond acceptors (Lipinski definition) is 5. The molecule has 3 rings (SSSR count). The third kappa shape index (κ3) is 4.47. The molecule has 0 saturated carbocycles. The zero-order valence-corrected chi connectivity index (χ0v) is 15.5. The van der Waals surface area contributed by atoms with Crippen LogP contribution in [0.3, 0.4) is 0 Å². The number of carbonyl (C=O) groups excluding carboxylic acids is 2. The van der Waals surface area contributed by atoms with Gasteiger partial charge in [-0.15, -0.1) is 11.8 Å². The molecule has 26 heavy (non-hydrogen) atoms. The van der Waals surface area contributed by atoms with Crippen molar-refractivity contribution in [2.75, 3.05) is 39.9 Å². The molecule has 1 saturated heterocycles. The van der Waals surface area contributed by atoms with Gasteiger partial charge in [-0.25, -0.2) is 0 Å². The van der Waals surface area contributed by atoms with Gasteiger partial charge in [0, 0.05) is 49.5 Å². The summed E-state index contributed by atoms with van der Waals surface area (Å²) in [7, 11) is 1.50. The van der Waals surface area contributed by atoms with Crippen LogP contribution in [-0.4, -0.2) is 61.5 Å². The molecule has 2 aromatic rings. The molecule has 0 atom stereocenters. The minimum Gasteiger partial charge on any atom is -0.459 e. The molecular formula is C19H22N2O4S. The summed E-state index contributed by atoms with van der Waals surface area (Å²) in [6.07, 6.45) is 1.56. The maximum Gasteiger partial charge on any atom is 0.289 e. The Morgan fingerprint density at radius 3 is 2.46 bits per heavy atom. The van der Waals surface area contributed by atoms with Crippen LogP contribution in [0, 0.1) is 0 Å². The molecule has 0 radical (unpaired) electrons. The van der Waals surface area contributed by atoms with Crippen LogP contribution in [0.25, 0.3) is 0 Å². The molecule has 7 heteroatoms. The molecule has 1 aromatic carbocycles. The van der Waals surface area contributed by atoms with Gasteiger partial charge in [-0.05, 0) is 18.2 Å². The average molecular weight is 374 g/mol. The number of rotatable bonds is 6. The Morgan fingerprint density at radius 2 is 1.77 bits per heavy atom. The molecule has 0 bridgehead atoms. The van der Waals surface area contributed by atoms with Crippen LogP contribution in [-0.2, 0) is 15.3 Å². The normalized spacial score (nSPS) is 14.5. The Labute approximate surface area is 157 Å². The fourth-order valence-corrected chi connectivity index (χ4v) is 3.73. The number of carbonyl (C=O) groups is 2. The van der Waals surface area contributed by atoms with Crippen molar-refractivity contribution in [2.24, 2.45) is 0 Å². The minimum atomic E-state index is -0.113. The van der Waals surface area contributed by atoms with Crippen molar-refractivity contribution in [1.82, 2.24) is 9.80 Å². The van der Waals surface area contributed by atoms with Crippen LogP contribution in [0.4, 0.5) is 0 Å². The van der Waals surface area contributed by atoms with E-state index >= 15 is 0 Å². The Morgan fingerprint density at radius 1 is 1.08 bits per heavy atom. The van der Waals surface area contributed by atoms with Gasteiger partial charge in [0.15, 0.2) is 5.76 Å². The van der Waals surface area contributed by atoms with E-state index in [2.05, 4.69) is 0 Å². The zero-order valence-electron chi connectivity index (χ0n) is 14.7. The summed E-state index contributed by atoms with van der Waals surface area (Å²) in [6, 6.07) is 11.9. The van der Waals surface area contributed by atoms with Gasteiger partial charge >= 0.3 is 0 Å². The van der Waals surface area contributed by atoms with Gasteiger partial charge in [0.1, 0.15) is 6.61 Å². The second-order valence-electron chi connectivity index (χ2n) is 5.98. The predicted octanol–water partition coefficient (Wildman–Crippen LogP) is 2.50. The van der Waals surface area contributed by atoms with Crippen molar-refractivity contribution < 1.29 is 18.7 Å². The first-order valence-electron chi connectivity index (χ1n) is 8.49. The maximum atomic E-state index is 12.8. The molecule has 138 valence electrons. The molecule has 0 unspecified atom stereocenters. The number of methoxy groups -OCH3 is 1. The van der Waals surface area contributed by atoms with Gasteiger partial charge in [0.05, 0.1) is 6.26 Å². The average Bonchev–Trinajstić information content (AvgIpc) is 3.15. The highest BCUT2D eigenvalue weighted by atomic mass is 32.2. The highest BCUT2D eigenvalue weighted by Gasteiger charge is 2.27. The third-order valence-electron chi connectivity index (χ3n) is 4.27. The van der Waals surface area contributed by atoms with E-state index in [-0.39, 0.29) is 18.4 Å². The number of furan rings is 1. The smallest absolute Gasteiger partial charge is 0.289 e. The van der Waals surface area contributed by atoms with Crippen molar-refractivity contribution in [3.63, 3.8) is 0 Å². The molecule has 1 aliphatic heterocycles. The van der Waals surface area contributed by atoms with Crippen molar-refractivity contribution in [3.8, 4) is 0 Å². The highest BCUT2D eigenvalue weighted by Crippen LogP contribution is 2.25. The van der Waals surface area contributed by atoms with Gasteiger partial charge in [0.2, 0.25) is 5.91 Å². The van der Waals surface area contributed by atoms with Crippen LogP contribution >= 0.6 is 11.8 Å². The first kappa shape index (κ1) is 18.5. The van der Waals surface area contributed by atoms with E-state index in [0.717, 1.165) is 10.5 Å². The van der Waals surface area contributed by atoms with Crippen molar-refractivity contribution in [1.29, 1.82) is 0 Å². The lowest BCUT2D eigenvalue weighted by molar-refractivity contribution is -0.136. The van der Waals surface area contributed by atoms with E-state index in [1.807, 2.05) is 36.4 Å². The SMILES string of the molecule is COCC(=O)N1CCN(C(=O)c2occc2CSc2ccccc2)CC1. The first-order chi connectivity index (χ1) is 12.7. The molecule has 2 heterocycles. The molecular weight excluding hydrogens is 352 g/mol. The second-order valence-corrected chi connectivity index (χ2v) is 7.03. The zero-order chi connectivity index (χ0) is 18.4. The number of benzene rings is 1. The summed E-state index contributed by atoms with van der Waals surface area (Å²) in [5.74, 6) is 0.911. The summed E-state index contributed by atoms with van der Waals surface area (Å²) in [5, 5.41) is 0. The number of amides is 2. The summed E-state index contributed by atoms with van der Waals surface area (Å²) in [5.41, 5.74) is 0.891. The summed E-state index contributed by atoms with van der Waals surface area (Å²) in [6.45, 7) is 2.11. The third-order valence-corrected chi connectivity index (χ3v) is 5.33. The Bertz CT molecular complexity index is 739. The monoisotopic (exact) mass is 374 g/mol. The van der Waals surface area contributed by atoms with Crippen LogP contribution in [0.15, 0.2) is 52.0 Å². The van der Waals surface area contributed by atoms with Crippen molar-refractivity contribution in [3.05, 3.63) is 54.0 Å². The molecule has 0 N–H and O–H groups in total. The quantitative estimate of drug-likeness (QED) is 0.727. The Hall–Kier alpha value is -2.25. The lowest BCUT2D eigenvalue weighted by Gasteiger charge is -2.34. The predicted molar refractivity (Wildman–Crippen MR) is 99.1 cm³/mol. The van der Waals surface area contributed by atoms with Gasteiger partial charge in [0.25, 0.3) is 5.91 Å². The maximum absolute atomic E-state index is 12.8. The Balaban J connectivity index is 1.57. The van der Waals surface area contributed by atoms with E-state index in [0.29, 0.717) is 37.7 Å². The number of ether oxygens (including phenoxy) is 1. The van der Waals surface area contributed by atoms with E-state index in [1.54, 1.807) is 27.8 Å². The van der Waals surface area contributed by atoms with E-state index in [1.165, 1.54) is 7.11 Å². The van der Waals surface area contributed by atoms with Gasteiger partial charge in [-0.1, -0.05) is 18.2 Å². The minimum absolute atomic E-state index is 0.0439. The summed E-state index contributed by atoms with van der Waals surface area (Å²) in [4.78, 5) is 29.3. The standard InChI is InChI=1S/C19H22N2O4S/c1-24-13-17(22)20-8-10-21(11-9-20)19(23)18-15(7-12-25-18)14-26-16-5-3-2-4-6-16/h2-7,12H,8-11,13-14H2,1H3. The molecule has 1 fully saturated rings. The Kier molecular flexibility index (Phi) is 6.35. The molecule has 0 spiro atoms. The van der Waals surface area contributed by atoms with E-state index in [4.69, 9.17) is 9.15 Å². The topological polar surface area (TPSA) is 63.0 Å². The van der Waals surface area contributed by atoms with Crippen LogP contribution in [0.2, 0.25) is 0 Å². The van der Waals surface area contributed by atoms with E-state index < -0.39 is 0 Å². The fraction of sp³-hybridized carbons (Fsp3) is 0.368. The lowest BCUT2D eigenvalue weighted by Crippen LogP contribution is -2.51. The van der Waals surface area contributed by atoms with Gasteiger partial charge in [-0.2, -0.15) is 0 Å². The van der Waals surface area contributed by atoms with Gasteiger partial charge in [-0.3, -0.25) is 9.59 Å². The largest absolute Gasteiger partial charge is 0.459 e. The number of piperazine rings is 1. The number of hydrogen-bond donors (Lipinski definition) is 0. The number of thioether (sulfide) groups is 1. The highest BCUT2D eigenvalue weighted by molar-refractivity contribution is 7.98. The molecule has 2 amide bonds. The van der Waals surface area contributed by atoms with Crippen LogP contribution < -0.4 is 0 Å². The number of nitrogens with zero attached hydrogens (tertiary/aromatic N) is 2. The van der Waals surface area contributed by atoms with Gasteiger partial charge < -0.3 is 19.0 Å². The van der Waals surface area contributed by atoms with Crippen LogP contribution in [0.1, 0.15) is 16.1 Å². The molecule has 1 aromatic heterocycles. The van der Waals surface area contributed by atoms with Crippen molar-refractivity contribution in [2.45, 2.75) is 10.6 Å². The first-order valence-corrected chi connectivity index (χ1v) is 9.48. The molecule has 1 aliphatic rings. The summed E-state index contributed by atoms with van der Waals surface area (Å²) < 4.78 is 10.4. The summed E-state index contributed by atoms with van der Waals surface area (Å²) >= 11 is 1.67. The second kappa shape index (κ2) is 8.91. The van der Waals surface area contributed by atoms with E-state index in [9.17, 15) is 9.59 Å². The lowest BCUT2D eigenvalue weighted by atomic mass is 10.2. The fourth-order valence-electron chi connectivity index (χ4n) is 2.83. The molecule has 6 nitrogen and oxygen atoms in total. The molecule has 0 aliphatic carbocycles. The van der Waals surface area contributed by atoms with Crippen molar-refractivity contribution >= 4 is 23.6 Å².